The zero-order chi connectivity index (χ0) is 19.3. The van der Waals surface area contributed by atoms with Crippen LogP contribution in [0, 0.1) is 0 Å². The number of benzene rings is 2. The molecule has 1 aromatic heterocycles. The van der Waals surface area contributed by atoms with Crippen LogP contribution in [0.2, 0.25) is 0 Å². The molecule has 1 unspecified atom stereocenters. The summed E-state index contributed by atoms with van der Waals surface area (Å²) in [5.74, 6) is -0.153. The fourth-order valence-electron chi connectivity index (χ4n) is 3.63. The van der Waals surface area contributed by atoms with Crippen molar-refractivity contribution in [1.29, 1.82) is 0 Å². The molecule has 1 atom stereocenters. The van der Waals surface area contributed by atoms with Crippen molar-refractivity contribution in [1.82, 2.24) is 15.5 Å². The molecule has 2 heterocycles. The van der Waals surface area contributed by atoms with Crippen molar-refractivity contribution in [3.8, 4) is 0 Å². The lowest BCUT2D eigenvalue weighted by Gasteiger charge is -2.34. The highest BCUT2D eigenvalue weighted by Crippen LogP contribution is 2.33. The molecule has 144 valence electrons. The first-order chi connectivity index (χ1) is 13.7. The maximum atomic E-state index is 13.2. The fraction of sp³-hybridized carbons (Fsp3) is 0.273. The maximum Gasteiger partial charge on any atom is 0.247 e. The summed E-state index contributed by atoms with van der Waals surface area (Å²) in [6.07, 6.45) is 0.763. The van der Waals surface area contributed by atoms with E-state index in [-0.39, 0.29) is 18.4 Å². The van der Waals surface area contributed by atoms with Gasteiger partial charge in [0.15, 0.2) is 0 Å². The Morgan fingerprint density at radius 2 is 1.93 bits per heavy atom. The third-order valence-corrected chi connectivity index (χ3v) is 6.03. The summed E-state index contributed by atoms with van der Waals surface area (Å²) in [6.45, 7) is 2.04. The lowest BCUT2D eigenvalue weighted by Crippen LogP contribution is -2.53. The highest BCUT2D eigenvalue weighted by Gasteiger charge is 2.34. The molecule has 2 aromatic carbocycles. The van der Waals surface area contributed by atoms with Gasteiger partial charge in [-0.25, -0.2) is 0 Å². The molecule has 4 rings (SSSR count). The van der Waals surface area contributed by atoms with Crippen LogP contribution < -0.4 is 10.6 Å². The largest absolute Gasteiger partial charge is 0.354 e. The van der Waals surface area contributed by atoms with E-state index in [1.807, 2.05) is 47.8 Å². The number of piperazine rings is 1. The second-order valence-corrected chi connectivity index (χ2v) is 7.79. The van der Waals surface area contributed by atoms with E-state index >= 15 is 0 Å². The van der Waals surface area contributed by atoms with Gasteiger partial charge in [-0.2, -0.15) is 0 Å². The molecule has 1 saturated heterocycles. The zero-order valence-electron chi connectivity index (χ0n) is 15.6. The molecule has 0 radical (unpaired) electrons. The molecule has 0 spiro atoms. The maximum absolute atomic E-state index is 13.2. The second kappa shape index (κ2) is 8.54. The van der Waals surface area contributed by atoms with E-state index in [1.54, 1.807) is 16.2 Å². The first kappa shape index (κ1) is 18.7. The van der Waals surface area contributed by atoms with E-state index in [0.29, 0.717) is 19.6 Å². The number of fused-ring (bicyclic) bond motifs is 1. The van der Waals surface area contributed by atoms with Gasteiger partial charge in [0.25, 0.3) is 0 Å². The number of thiophene rings is 1. The number of amides is 2. The quantitative estimate of drug-likeness (QED) is 0.677. The van der Waals surface area contributed by atoms with Gasteiger partial charge in [0.2, 0.25) is 11.8 Å². The summed E-state index contributed by atoms with van der Waals surface area (Å²) >= 11 is 1.61. The Kier molecular flexibility index (Phi) is 5.69. The van der Waals surface area contributed by atoms with E-state index in [2.05, 4.69) is 22.8 Å². The molecular formula is C22H23N3O2S. The summed E-state index contributed by atoms with van der Waals surface area (Å²) < 4.78 is 1.13. The minimum absolute atomic E-state index is 0.0373. The van der Waals surface area contributed by atoms with Gasteiger partial charge in [0, 0.05) is 29.9 Å². The molecule has 2 amide bonds. The van der Waals surface area contributed by atoms with E-state index in [0.717, 1.165) is 22.1 Å². The van der Waals surface area contributed by atoms with Crippen molar-refractivity contribution in [2.75, 3.05) is 26.2 Å². The Balaban J connectivity index is 1.57. The van der Waals surface area contributed by atoms with Crippen LogP contribution in [-0.2, 0) is 16.0 Å². The minimum atomic E-state index is -0.596. The van der Waals surface area contributed by atoms with E-state index in [1.165, 1.54) is 5.56 Å². The van der Waals surface area contributed by atoms with Crippen molar-refractivity contribution in [3.63, 3.8) is 0 Å². The lowest BCUT2D eigenvalue weighted by molar-refractivity contribution is -0.141. The van der Waals surface area contributed by atoms with E-state index < -0.39 is 6.04 Å². The van der Waals surface area contributed by atoms with E-state index in [9.17, 15) is 9.59 Å². The highest BCUT2D eigenvalue weighted by molar-refractivity contribution is 7.17. The predicted molar refractivity (Wildman–Crippen MR) is 112 cm³/mol. The fourth-order valence-corrected chi connectivity index (χ4v) is 4.61. The molecular weight excluding hydrogens is 370 g/mol. The highest BCUT2D eigenvalue weighted by atomic mass is 32.1. The van der Waals surface area contributed by atoms with Crippen LogP contribution in [0.25, 0.3) is 10.1 Å². The summed E-state index contributed by atoms with van der Waals surface area (Å²) in [4.78, 5) is 27.5. The van der Waals surface area contributed by atoms with Gasteiger partial charge in [-0.1, -0.05) is 48.5 Å². The molecule has 2 N–H and O–H groups in total. The van der Waals surface area contributed by atoms with Crippen LogP contribution in [-0.4, -0.2) is 42.9 Å². The van der Waals surface area contributed by atoms with Gasteiger partial charge in [0.1, 0.15) is 6.04 Å². The van der Waals surface area contributed by atoms with Crippen LogP contribution in [0.15, 0.2) is 60.0 Å². The van der Waals surface area contributed by atoms with Crippen LogP contribution in [0.3, 0.4) is 0 Å². The number of hydrogen-bond donors (Lipinski definition) is 2. The van der Waals surface area contributed by atoms with E-state index in [4.69, 9.17) is 0 Å². The molecule has 28 heavy (non-hydrogen) atoms. The number of carbonyl (C=O) groups excluding carboxylic acids is 2. The number of nitrogens with zero attached hydrogens (tertiary/aromatic N) is 1. The van der Waals surface area contributed by atoms with Crippen LogP contribution >= 0.6 is 11.3 Å². The Morgan fingerprint density at radius 1 is 1.14 bits per heavy atom. The van der Waals surface area contributed by atoms with Crippen LogP contribution in [0.5, 0.6) is 0 Å². The Bertz CT molecular complexity index is 970. The van der Waals surface area contributed by atoms with Crippen LogP contribution in [0.1, 0.15) is 17.2 Å². The molecule has 0 bridgehead atoms. The first-order valence-electron chi connectivity index (χ1n) is 9.52. The molecule has 1 aliphatic rings. The van der Waals surface area contributed by atoms with Crippen molar-refractivity contribution < 1.29 is 9.59 Å². The Labute approximate surface area is 168 Å². The summed E-state index contributed by atoms with van der Waals surface area (Å²) in [7, 11) is 0. The van der Waals surface area contributed by atoms with Crippen molar-refractivity contribution in [3.05, 3.63) is 71.1 Å². The average Bonchev–Trinajstić information content (AvgIpc) is 3.14. The number of rotatable bonds is 6. The van der Waals surface area contributed by atoms with Crippen molar-refractivity contribution >= 4 is 33.2 Å². The normalized spacial score (nSPS) is 15.6. The first-order valence-corrected chi connectivity index (χ1v) is 10.4. The molecule has 6 heteroatoms. The van der Waals surface area contributed by atoms with Gasteiger partial charge in [-0.05, 0) is 28.8 Å². The summed E-state index contributed by atoms with van der Waals surface area (Å²) in [5.41, 5.74) is 2.09. The summed E-state index contributed by atoms with van der Waals surface area (Å²) in [5, 5.41) is 9.20. The third-order valence-electron chi connectivity index (χ3n) is 5.05. The zero-order valence-corrected chi connectivity index (χ0v) is 16.4. The van der Waals surface area contributed by atoms with Crippen molar-refractivity contribution in [2.45, 2.75) is 12.5 Å². The van der Waals surface area contributed by atoms with Gasteiger partial charge in [0.05, 0.1) is 6.54 Å². The molecule has 0 aliphatic carbocycles. The molecule has 1 aliphatic heterocycles. The molecule has 3 aromatic rings. The topological polar surface area (TPSA) is 61.4 Å². The molecule has 1 fully saturated rings. The SMILES string of the molecule is O=C(NCCc1ccccc1)C(c1csc2ccccc12)N1CCNCC1=O. The smallest absolute Gasteiger partial charge is 0.247 e. The Hall–Kier alpha value is -2.70. The van der Waals surface area contributed by atoms with Gasteiger partial charge < -0.3 is 15.5 Å². The van der Waals surface area contributed by atoms with Crippen molar-refractivity contribution in [2.24, 2.45) is 0 Å². The van der Waals surface area contributed by atoms with Gasteiger partial charge in [-0.3, -0.25) is 9.59 Å². The number of carbonyl (C=O) groups is 2. The molecule has 0 saturated carbocycles. The van der Waals surface area contributed by atoms with Crippen LogP contribution in [0.4, 0.5) is 0 Å². The summed E-state index contributed by atoms with van der Waals surface area (Å²) in [6, 6.07) is 17.5. The standard InChI is InChI=1S/C22H23N3O2S/c26-20-14-23-12-13-25(20)21(18-15-28-19-9-5-4-8-17(18)19)22(27)24-11-10-16-6-2-1-3-7-16/h1-9,15,21,23H,10-14H2,(H,24,27). The number of nitrogens with one attached hydrogen (secondary N) is 2. The average molecular weight is 394 g/mol. The number of hydrogen-bond acceptors (Lipinski definition) is 4. The Morgan fingerprint density at radius 3 is 2.75 bits per heavy atom. The minimum Gasteiger partial charge on any atom is -0.354 e. The predicted octanol–water partition coefficient (Wildman–Crippen LogP) is 2.73. The molecule has 5 nitrogen and oxygen atoms in total. The van der Waals surface area contributed by atoms with Gasteiger partial charge in [-0.15, -0.1) is 11.3 Å². The monoisotopic (exact) mass is 393 g/mol. The lowest BCUT2D eigenvalue weighted by atomic mass is 10.0. The van der Waals surface area contributed by atoms with Gasteiger partial charge >= 0.3 is 0 Å². The third kappa shape index (κ3) is 3.93. The second-order valence-electron chi connectivity index (χ2n) is 6.88.